The van der Waals surface area contributed by atoms with E-state index in [1.54, 1.807) is 24.2 Å². The van der Waals surface area contributed by atoms with E-state index in [-0.39, 0.29) is 10.8 Å². The summed E-state index contributed by atoms with van der Waals surface area (Å²) in [5, 5.41) is 10.4. The quantitative estimate of drug-likeness (QED) is 0.712. The number of para-hydroxylation sites is 1. The van der Waals surface area contributed by atoms with Crippen LogP contribution in [-0.4, -0.2) is 25.4 Å². The number of aromatic hydroxyl groups is 1. The molecule has 0 aliphatic carbocycles. The van der Waals surface area contributed by atoms with Gasteiger partial charge in [-0.15, -0.1) is 11.8 Å². The summed E-state index contributed by atoms with van der Waals surface area (Å²) >= 11 is 1.63. The van der Waals surface area contributed by atoms with Crippen LogP contribution in [0.15, 0.2) is 68.3 Å². The first kappa shape index (κ1) is 17.3. The largest absolute Gasteiger partial charge is 0.494 e. The lowest BCUT2D eigenvalue weighted by molar-refractivity contribution is 0.416. The number of rotatable bonds is 2. The standard InChI is InChI=1S/C19H16N4O3S/c1-23-18(25)16(17(24)22-19(23)26)13-9-15(11-5-4-8-20-10-11)27-14-7-3-2-6-12(14)21-13/h2-8,10,15,25H,9H2,1H3,(H,22,24,26)/t15-/m0/s1. The van der Waals surface area contributed by atoms with Crippen LogP contribution in [0.1, 0.15) is 22.8 Å². The van der Waals surface area contributed by atoms with Crippen molar-refractivity contribution in [1.29, 1.82) is 0 Å². The third-order valence-electron chi connectivity index (χ3n) is 4.41. The highest BCUT2D eigenvalue weighted by molar-refractivity contribution is 7.99. The Hall–Kier alpha value is -3.13. The van der Waals surface area contributed by atoms with Gasteiger partial charge in [-0.3, -0.25) is 24.3 Å². The van der Waals surface area contributed by atoms with Crippen LogP contribution < -0.4 is 11.2 Å². The van der Waals surface area contributed by atoms with Crippen molar-refractivity contribution in [3.8, 4) is 5.88 Å². The molecule has 0 bridgehead atoms. The molecule has 2 aromatic heterocycles. The SMILES string of the molecule is Cn1c(O)c(C2=Nc3ccccc3S[C@H](c3cccnc3)C2)c(=O)[nH]c1=O. The number of aromatic nitrogens is 3. The predicted octanol–water partition coefficient (Wildman–Crippen LogP) is 2.53. The van der Waals surface area contributed by atoms with Gasteiger partial charge in [-0.2, -0.15) is 0 Å². The van der Waals surface area contributed by atoms with E-state index in [4.69, 9.17) is 0 Å². The number of fused-ring (bicyclic) bond motifs is 1. The molecule has 4 rings (SSSR count). The smallest absolute Gasteiger partial charge is 0.330 e. The molecule has 0 unspecified atom stereocenters. The van der Waals surface area contributed by atoms with Gasteiger partial charge in [-0.25, -0.2) is 4.79 Å². The molecule has 136 valence electrons. The lowest BCUT2D eigenvalue weighted by Crippen LogP contribution is -2.32. The first-order valence-electron chi connectivity index (χ1n) is 8.30. The van der Waals surface area contributed by atoms with Crippen LogP contribution in [0, 0.1) is 0 Å². The van der Waals surface area contributed by atoms with E-state index in [1.807, 2.05) is 36.4 Å². The predicted molar refractivity (Wildman–Crippen MR) is 104 cm³/mol. The number of aromatic amines is 1. The third kappa shape index (κ3) is 3.19. The van der Waals surface area contributed by atoms with Gasteiger partial charge in [-0.05, 0) is 23.8 Å². The molecule has 1 aromatic carbocycles. The Morgan fingerprint density at radius 3 is 2.81 bits per heavy atom. The third-order valence-corrected chi connectivity index (χ3v) is 5.73. The number of benzene rings is 1. The van der Waals surface area contributed by atoms with Crippen molar-refractivity contribution in [3.05, 3.63) is 80.8 Å². The Morgan fingerprint density at radius 1 is 1.22 bits per heavy atom. The van der Waals surface area contributed by atoms with Gasteiger partial charge in [0.25, 0.3) is 5.56 Å². The van der Waals surface area contributed by atoms with E-state index in [9.17, 15) is 14.7 Å². The molecule has 7 nitrogen and oxygen atoms in total. The molecule has 8 heteroatoms. The van der Waals surface area contributed by atoms with Gasteiger partial charge in [0.15, 0.2) is 0 Å². The lowest BCUT2D eigenvalue weighted by Gasteiger charge is -2.16. The molecule has 2 N–H and O–H groups in total. The second-order valence-electron chi connectivity index (χ2n) is 6.14. The summed E-state index contributed by atoms with van der Waals surface area (Å²) in [6, 6.07) is 11.5. The van der Waals surface area contributed by atoms with Crippen LogP contribution in [-0.2, 0) is 7.05 Å². The summed E-state index contributed by atoms with van der Waals surface area (Å²) in [4.78, 5) is 36.3. The molecule has 0 fully saturated rings. The van der Waals surface area contributed by atoms with Crippen molar-refractivity contribution < 1.29 is 5.11 Å². The number of hydrogen-bond acceptors (Lipinski definition) is 6. The highest BCUT2D eigenvalue weighted by Crippen LogP contribution is 2.45. The molecule has 0 spiro atoms. The Morgan fingerprint density at radius 2 is 2.04 bits per heavy atom. The molecule has 0 saturated carbocycles. The molecular formula is C19H16N4O3S. The maximum absolute atomic E-state index is 12.5. The van der Waals surface area contributed by atoms with Gasteiger partial charge in [0.2, 0.25) is 5.88 Å². The summed E-state index contributed by atoms with van der Waals surface area (Å²) < 4.78 is 1.00. The Balaban J connectivity index is 1.92. The van der Waals surface area contributed by atoms with Crippen LogP contribution in [0.3, 0.4) is 0 Å². The fourth-order valence-electron chi connectivity index (χ4n) is 2.99. The van der Waals surface area contributed by atoms with Crippen molar-refractivity contribution in [2.24, 2.45) is 12.0 Å². The van der Waals surface area contributed by atoms with E-state index < -0.39 is 17.1 Å². The van der Waals surface area contributed by atoms with Gasteiger partial charge >= 0.3 is 5.69 Å². The van der Waals surface area contributed by atoms with Crippen molar-refractivity contribution >= 4 is 23.2 Å². The first-order chi connectivity index (χ1) is 13.0. The van der Waals surface area contributed by atoms with Gasteiger partial charge in [0, 0.05) is 36.0 Å². The summed E-state index contributed by atoms with van der Waals surface area (Å²) in [5.74, 6) is -0.392. The second-order valence-corrected chi connectivity index (χ2v) is 7.38. The number of aliphatic imine (C=N–C) groups is 1. The minimum absolute atomic E-state index is 0.0169. The minimum Gasteiger partial charge on any atom is -0.494 e. The zero-order chi connectivity index (χ0) is 19.0. The molecule has 0 amide bonds. The maximum atomic E-state index is 12.5. The normalized spacial score (nSPS) is 16.3. The molecule has 27 heavy (non-hydrogen) atoms. The number of nitrogens with one attached hydrogen (secondary N) is 1. The molecule has 1 aliphatic heterocycles. The highest BCUT2D eigenvalue weighted by atomic mass is 32.2. The van der Waals surface area contributed by atoms with Crippen LogP contribution in [0.5, 0.6) is 5.88 Å². The Kier molecular flexibility index (Phi) is 4.41. The van der Waals surface area contributed by atoms with Crippen LogP contribution in [0.4, 0.5) is 5.69 Å². The average molecular weight is 380 g/mol. The minimum atomic E-state index is -0.672. The molecule has 3 heterocycles. The fraction of sp³-hybridized carbons (Fsp3) is 0.158. The molecule has 3 aromatic rings. The first-order valence-corrected chi connectivity index (χ1v) is 9.18. The number of nitrogens with zero attached hydrogens (tertiary/aromatic N) is 3. The van der Waals surface area contributed by atoms with Crippen LogP contribution in [0.25, 0.3) is 0 Å². The van der Waals surface area contributed by atoms with Gasteiger partial charge in [0.1, 0.15) is 5.56 Å². The van der Waals surface area contributed by atoms with E-state index in [0.717, 1.165) is 20.7 Å². The highest BCUT2D eigenvalue weighted by Gasteiger charge is 2.26. The summed E-state index contributed by atoms with van der Waals surface area (Å²) in [5.41, 5.74) is 0.834. The topological polar surface area (TPSA) is 100 Å². The molecule has 0 radical (unpaired) electrons. The van der Waals surface area contributed by atoms with E-state index in [1.165, 1.54) is 7.05 Å². The lowest BCUT2D eigenvalue weighted by atomic mass is 10.0. The van der Waals surface area contributed by atoms with Crippen LogP contribution in [0.2, 0.25) is 0 Å². The molecular weight excluding hydrogens is 364 g/mol. The van der Waals surface area contributed by atoms with Crippen molar-refractivity contribution in [2.45, 2.75) is 16.6 Å². The summed E-state index contributed by atoms with van der Waals surface area (Å²) in [6.07, 6.45) is 3.89. The van der Waals surface area contributed by atoms with Gasteiger partial charge in [0.05, 0.1) is 11.4 Å². The maximum Gasteiger partial charge on any atom is 0.330 e. The van der Waals surface area contributed by atoms with Gasteiger partial charge < -0.3 is 5.11 Å². The Labute approximate surface area is 158 Å². The fourth-order valence-corrected chi connectivity index (χ4v) is 4.20. The summed E-state index contributed by atoms with van der Waals surface area (Å²) in [6.45, 7) is 0. The van der Waals surface area contributed by atoms with Crippen molar-refractivity contribution in [1.82, 2.24) is 14.5 Å². The molecule has 0 saturated heterocycles. The van der Waals surface area contributed by atoms with Crippen molar-refractivity contribution in [3.63, 3.8) is 0 Å². The molecule has 1 atom stereocenters. The van der Waals surface area contributed by atoms with Gasteiger partial charge in [-0.1, -0.05) is 18.2 Å². The van der Waals surface area contributed by atoms with E-state index >= 15 is 0 Å². The average Bonchev–Trinajstić information content (AvgIpc) is 2.86. The van der Waals surface area contributed by atoms with Crippen LogP contribution >= 0.6 is 11.8 Å². The second kappa shape index (κ2) is 6.88. The Bertz CT molecular complexity index is 1150. The zero-order valence-electron chi connectivity index (χ0n) is 14.4. The summed E-state index contributed by atoms with van der Waals surface area (Å²) in [7, 11) is 1.40. The zero-order valence-corrected chi connectivity index (χ0v) is 15.2. The number of hydrogen-bond donors (Lipinski definition) is 2. The number of thioether (sulfide) groups is 1. The van der Waals surface area contributed by atoms with Crippen molar-refractivity contribution in [2.75, 3.05) is 0 Å². The van der Waals surface area contributed by atoms with E-state index in [0.29, 0.717) is 12.1 Å². The van der Waals surface area contributed by atoms with E-state index in [2.05, 4.69) is 15.0 Å². The monoisotopic (exact) mass is 380 g/mol. The molecule has 1 aliphatic rings. The number of pyridine rings is 1. The number of H-pyrrole nitrogens is 1.